The number of carbonyl (C=O) groups is 1. The molecule has 0 spiro atoms. The van der Waals surface area contributed by atoms with Crippen molar-refractivity contribution in [3.05, 3.63) is 35.9 Å². The largest absolute Gasteiger partial charge is 0.287 e. The van der Waals surface area contributed by atoms with E-state index in [9.17, 15) is 13.2 Å². The summed E-state index contributed by atoms with van der Waals surface area (Å²) >= 11 is 0. The molecular formula is C10H12NO3S. The lowest BCUT2D eigenvalue weighted by molar-refractivity contribution is 0.0978. The number of sulfonamides is 1. The van der Waals surface area contributed by atoms with Gasteiger partial charge in [-0.3, -0.25) is 4.79 Å². The number of amides is 1. The Morgan fingerprint density at radius 2 is 1.87 bits per heavy atom. The first-order valence-electron chi connectivity index (χ1n) is 4.60. The molecule has 0 saturated heterocycles. The van der Waals surface area contributed by atoms with E-state index in [1.807, 2.05) is 0 Å². The maximum atomic E-state index is 11.4. The minimum Gasteiger partial charge on any atom is -0.266 e. The summed E-state index contributed by atoms with van der Waals surface area (Å²) in [5.41, 5.74) is 0.289. The van der Waals surface area contributed by atoms with Gasteiger partial charge < -0.3 is 0 Å². The van der Waals surface area contributed by atoms with Gasteiger partial charge in [-0.2, -0.15) is 0 Å². The van der Waals surface area contributed by atoms with Gasteiger partial charge >= 0.3 is 0 Å². The van der Waals surface area contributed by atoms with Crippen molar-refractivity contribution < 1.29 is 13.2 Å². The average Bonchev–Trinajstić information content (AvgIpc) is 2.18. The maximum Gasteiger partial charge on any atom is 0.287 e. The lowest BCUT2D eigenvalue weighted by Gasteiger charge is -2.01. The minimum atomic E-state index is -3.60. The number of benzene rings is 1. The van der Waals surface area contributed by atoms with Crippen LogP contribution in [0.5, 0.6) is 0 Å². The van der Waals surface area contributed by atoms with Gasteiger partial charge in [0.15, 0.2) is 0 Å². The van der Waals surface area contributed by atoms with E-state index in [0.717, 1.165) is 0 Å². The SMILES string of the molecule is CCCS(=O)(=O)[N]C(=O)c1ccccc1. The number of nitrogens with zero attached hydrogens (tertiary/aromatic N) is 1. The number of carbonyl (C=O) groups excluding carboxylic acids is 1. The molecule has 15 heavy (non-hydrogen) atoms. The molecule has 0 unspecified atom stereocenters. The highest BCUT2D eigenvalue weighted by Gasteiger charge is 2.17. The molecule has 0 aliphatic heterocycles. The van der Waals surface area contributed by atoms with Gasteiger partial charge in [0, 0.05) is 5.56 Å². The van der Waals surface area contributed by atoms with Gasteiger partial charge in [0.25, 0.3) is 15.9 Å². The van der Waals surface area contributed by atoms with Crippen molar-refractivity contribution in [2.75, 3.05) is 5.75 Å². The van der Waals surface area contributed by atoms with Crippen molar-refractivity contribution >= 4 is 15.9 Å². The number of hydrogen-bond donors (Lipinski definition) is 0. The molecule has 1 rings (SSSR count). The van der Waals surface area contributed by atoms with Crippen LogP contribution in [0, 0.1) is 0 Å². The van der Waals surface area contributed by atoms with Crippen molar-refractivity contribution in [1.82, 2.24) is 4.72 Å². The fraction of sp³-hybridized carbons (Fsp3) is 0.300. The van der Waals surface area contributed by atoms with Crippen molar-refractivity contribution in [2.45, 2.75) is 13.3 Å². The molecule has 0 aliphatic rings. The number of rotatable bonds is 4. The summed E-state index contributed by atoms with van der Waals surface area (Å²) in [6, 6.07) is 8.14. The molecule has 0 saturated carbocycles. The van der Waals surface area contributed by atoms with Crippen molar-refractivity contribution in [2.24, 2.45) is 0 Å². The Hall–Kier alpha value is -1.36. The lowest BCUT2D eigenvalue weighted by atomic mass is 10.2. The first kappa shape index (κ1) is 11.7. The van der Waals surface area contributed by atoms with Crippen LogP contribution >= 0.6 is 0 Å². The second kappa shape index (κ2) is 4.93. The third-order valence-electron chi connectivity index (χ3n) is 1.70. The third-order valence-corrected chi connectivity index (χ3v) is 3.07. The van der Waals surface area contributed by atoms with Crippen LogP contribution in [0.4, 0.5) is 0 Å². The summed E-state index contributed by atoms with van der Waals surface area (Å²) in [7, 11) is -3.60. The summed E-state index contributed by atoms with van der Waals surface area (Å²) in [6.07, 6.45) is 0.452. The summed E-state index contributed by atoms with van der Waals surface area (Å²) in [5.74, 6) is -0.796. The Balaban J connectivity index is 2.73. The molecule has 0 aliphatic carbocycles. The molecule has 0 atom stereocenters. The van der Waals surface area contributed by atoms with Crippen LogP contribution in [0.2, 0.25) is 0 Å². The van der Waals surface area contributed by atoms with E-state index < -0.39 is 15.9 Å². The predicted octanol–water partition coefficient (Wildman–Crippen LogP) is 1.17. The molecule has 1 amide bonds. The molecule has 1 aromatic rings. The fourth-order valence-corrected chi connectivity index (χ4v) is 2.03. The maximum absolute atomic E-state index is 11.4. The van der Waals surface area contributed by atoms with Gasteiger partial charge in [0.2, 0.25) is 0 Å². The van der Waals surface area contributed by atoms with Gasteiger partial charge in [-0.15, -0.1) is 4.72 Å². The highest BCUT2D eigenvalue weighted by atomic mass is 32.2. The molecule has 0 aromatic heterocycles. The Kier molecular flexibility index (Phi) is 3.85. The van der Waals surface area contributed by atoms with Crippen LogP contribution in [-0.4, -0.2) is 20.1 Å². The van der Waals surface area contributed by atoms with Crippen LogP contribution in [0.3, 0.4) is 0 Å². The molecule has 1 aromatic carbocycles. The number of hydrogen-bond acceptors (Lipinski definition) is 3. The highest BCUT2D eigenvalue weighted by Crippen LogP contribution is 2.01. The molecule has 0 fully saturated rings. The van der Waals surface area contributed by atoms with Gasteiger partial charge in [0.1, 0.15) is 0 Å². The highest BCUT2D eigenvalue weighted by molar-refractivity contribution is 7.89. The zero-order chi connectivity index (χ0) is 11.3. The van der Waals surface area contributed by atoms with Crippen LogP contribution < -0.4 is 4.72 Å². The lowest BCUT2D eigenvalue weighted by Crippen LogP contribution is -2.25. The summed E-state index contributed by atoms with van der Waals surface area (Å²) in [5, 5.41) is 0. The summed E-state index contributed by atoms with van der Waals surface area (Å²) < 4.78 is 25.7. The molecule has 4 nitrogen and oxygen atoms in total. The molecule has 0 bridgehead atoms. The van der Waals surface area contributed by atoms with Gasteiger partial charge in [0.05, 0.1) is 5.75 Å². The average molecular weight is 226 g/mol. The first-order valence-corrected chi connectivity index (χ1v) is 6.21. The molecule has 1 radical (unpaired) electrons. The predicted molar refractivity (Wildman–Crippen MR) is 57.0 cm³/mol. The van der Waals surface area contributed by atoms with Gasteiger partial charge in [-0.1, -0.05) is 25.1 Å². The quantitative estimate of drug-likeness (QED) is 0.774. The van der Waals surface area contributed by atoms with E-state index >= 15 is 0 Å². The topological polar surface area (TPSA) is 65.3 Å². The monoisotopic (exact) mass is 226 g/mol. The fourth-order valence-electron chi connectivity index (χ4n) is 1.06. The van der Waals surface area contributed by atoms with Crippen molar-refractivity contribution in [3.8, 4) is 0 Å². The Morgan fingerprint density at radius 1 is 1.27 bits per heavy atom. The van der Waals surface area contributed by atoms with Crippen molar-refractivity contribution in [1.29, 1.82) is 0 Å². The Labute approximate surface area is 89.4 Å². The zero-order valence-electron chi connectivity index (χ0n) is 8.38. The molecule has 5 heteroatoms. The van der Waals surface area contributed by atoms with E-state index in [2.05, 4.69) is 4.72 Å². The van der Waals surface area contributed by atoms with Crippen LogP contribution in [0.25, 0.3) is 0 Å². The van der Waals surface area contributed by atoms with E-state index in [0.29, 0.717) is 6.42 Å². The standard InChI is InChI=1S/C10H12NO3S/c1-2-8-15(13,14)11-10(12)9-6-4-3-5-7-9/h3-7H,2,8H2,1H3. The minimum absolute atomic E-state index is 0.0917. The Morgan fingerprint density at radius 3 is 2.40 bits per heavy atom. The van der Waals surface area contributed by atoms with E-state index in [1.165, 1.54) is 12.1 Å². The molecule has 0 N–H and O–H groups in total. The smallest absolute Gasteiger partial charge is 0.266 e. The zero-order valence-corrected chi connectivity index (χ0v) is 9.20. The first-order chi connectivity index (χ1) is 7.05. The second-order valence-electron chi connectivity index (χ2n) is 3.05. The normalized spacial score (nSPS) is 11.0. The van der Waals surface area contributed by atoms with Crippen LogP contribution in [0.1, 0.15) is 23.7 Å². The summed E-state index contributed by atoms with van der Waals surface area (Å²) in [6.45, 7) is 1.72. The second-order valence-corrected chi connectivity index (χ2v) is 4.80. The molecular weight excluding hydrogens is 214 g/mol. The molecule has 0 heterocycles. The molecule has 81 valence electrons. The third kappa shape index (κ3) is 3.71. The van der Waals surface area contributed by atoms with E-state index in [-0.39, 0.29) is 11.3 Å². The van der Waals surface area contributed by atoms with Crippen molar-refractivity contribution in [3.63, 3.8) is 0 Å². The van der Waals surface area contributed by atoms with Crippen LogP contribution in [-0.2, 0) is 10.0 Å². The van der Waals surface area contributed by atoms with Crippen LogP contribution in [0.15, 0.2) is 30.3 Å². The summed E-state index contributed by atoms with van der Waals surface area (Å²) in [4.78, 5) is 11.4. The van der Waals surface area contributed by atoms with Gasteiger partial charge in [-0.25, -0.2) is 8.42 Å². The van der Waals surface area contributed by atoms with E-state index in [1.54, 1.807) is 25.1 Å². The van der Waals surface area contributed by atoms with Gasteiger partial charge in [-0.05, 0) is 18.6 Å². The Bertz CT molecular complexity index is 425. The van der Waals surface area contributed by atoms with E-state index in [4.69, 9.17) is 0 Å².